The van der Waals surface area contributed by atoms with E-state index in [9.17, 15) is 14.4 Å². The number of morpholine rings is 1. The van der Waals surface area contributed by atoms with E-state index in [0.29, 0.717) is 48.5 Å². The van der Waals surface area contributed by atoms with Crippen LogP contribution in [0.1, 0.15) is 0 Å². The summed E-state index contributed by atoms with van der Waals surface area (Å²) in [6.07, 6.45) is 0. The average molecular weight is 405 g/mol. The van der Waals surface area contributed by atoms with E-state index in [1.54, 1.807) is 59.5 Å². The lowest BCUT2D eigenvalue weighted by molar-refractivity contribution is -0.135. The van der Waals surface area contributed by atoms with Crippen LogP contribution in [0.2, 0.25) is 0 Å². The minimum absolute atomic E-state index is 0.0504. The quantitative estimate of drug-likeness (QED) is 0.518. The minimum atomic E-state index is -0.577. The van der Waals surface area contributed by atoms with Gasteiger partial charge in [-0.15, -0.1) is 0 Å². The Morgan fingerprint density at radius 2 is 1.63 bits per heavy atom. The summed E-state index contributed by atoms with van der Waals surface area (Å²) in [7, 11) is 0. The second kappa shape index (κ2) is 7.31. The summed E-state index contributed by atoms with van der Waals surface area (Å²) >= 11 is 0. The zero-order valence-electron chi connectivity index (χ0n) is 16.1. The Labute approximate surface area is 170 Å². The van der Waals surface area contributed by atoms with E-state index >= 15 is 0 Å². The topological polar surface area (TPSA) is 86.7 Å². The third-order valence-electron chi connectivity index (χ3n) is 5.33. The van der Waals surface area contributed by atoms with Crippen molar-refractivity contribution in [3.63, 3.8) is 0 Å². The van der Waals surface area contributed by atoms with Crippen molar-refractivity contribution in [1.82, 2.24) is 14.0 Å². The highest BCUT2D eigenvalue weighted by atomic mass is 16.5. The van der Waals surface area contributed by atoms with Gasteiger partial charge in [-0.1, -0.05) is 30.3 Å². The van der Waals surface area contributed by atoms with Crippen molar-refractivity contribution in [3.05, 3.63) is 75.4 Å². The van der Waals surface area contributed by atoms with Crippen molar-refractivity contribution >= 4 is 28.0 Å². The third kappa shape index (κ3) is 2.93. The number of nitrogens with zero attached hydrogens (tertiary/aromatic N) is 3. The standard InChI is InChI=1S/C22H19N3O5/c26-18(23-10-12-29-13-11-23)14-24-19-16-8-4-5-9-17(16)30-20(19)21(27)25(22(24)28)15-6-2-1-3-7-15/h1-9H,10-14H2. The Morgan fingerprint density at radius 3 is 2.40 bits per heavy atom. The molecule has 8 heteroatoms. The number of para-hydroxylation sites is 2. The molecule has 8 nitrogen and oxygen atoms in total. The van der Waals surface area contributed by atoms with Crippen LogP contribution < -0.4 is 11.2 Å². The second-order valence-electron chi connectivity index (χ2n) is 7.11. The Morgan fingerprint density at radius 1 is 0.933 bits per heavy atom. The van der Waals surface area contributed by atoms with Crippen molar-refractivity contribution in [3.8, 4) is 5.69 Å². The highest BCUT2D eigenvalue weighted by Crippen LogP contribution is 2.26. The van der Waals surface area contributed by atoms with Gasteiger partial charge in [-0.25, -0.2) is 9.36 Å². The zero-order chi connectivity index (χ0) is 20.7. The summed E-state index contributed by atoms with van der Waals surface area (Å²) in [5.41, 5.74) is 0.174. The molecule has 1 amide bonds. The highest BCUT2D eigenvalue weighted by Gasteiger charge is 2.24. The Kier molecular flexibility index (Phi) is 4.48. The van der Waals surface area contributed by atoms with E-state index in [2.05, 4.69) is 0 Å². The van der Waals surface area contributed by atoms with Crippen LogP contribution in [0.15, 0.2) is 68.6 Å². The monoisotopic (exact) mass is 405 g/mol. The average Bonchev–Trinajstić information content (AvgIpc) is 3.18. The fourth-order valence-corrected chi connectivity index (χ4v) is 3.85. The lowest BCUT2D eigenvalue weighted by atomic mass is 10.2. The van der Waals surface area contributed by atoms with Gasteiger partial charge in [0.2, 0.25) is 11.5 Å². The molecule has 3 heterocycles. The molecule has 0 atom stereocenters. The molecular formula is C22H19N3O5. The van der Waals surface area contributed by atoms with Crippen LogP contribution in [0, 0.1) is 0 Å². The molecule has 1 saturated heterocycles. The number of benzene rings is 2. The van der Waals surface area contributed by atoms with E-state index < -0.39 is 11.2 Å². The van der Waals surface area contributed by atoms with Gasteiger partial charge in [0.1, 0.15) is 17.6 Å². The van der Waals surface area contributed by atoms with Gasteiger partial charge in [0.05, 0.1) is 18.9 Å². The van der Waals surface area contributed by atoms with Gasteiger partial charge < -0.3 is 14.1 Å². The molecule has 1 fully saturated rings. The van der Waals surface area contributed by atoms with Crippen molar-refractivity contribution in [2.45, 2.75) is 6.54 Å². The van der Waals surface area contributed by atoms with Gasteiger partial charge in [-0.05, 0) is 24.3 Å². The number of amides is 1. The molecule has 0 radical (unpaired) electrons. The van der Waals surface area contributed by atoms with Crippen LogP contribution in [-0.4, -0.2) is 46.2 Å². The number of hydrogen-bond acceptors (Lipinski definition) is 5. The van der Waals surface area contributed by atoms with E-state index in [1.165, 1.54) is 4.57 Å². The molecule has 1 aliphatic rings. The van der Waals surface area contributed by atoms with Crippen LogP contribution in [0.3, 0.4) is 0 Å². The predicted molar refractivity (Wildman–Crippen MR) is 111 cm³/mol. The second-order valence-corrected chi connectivity index (χ2v) is 7.11. The van der Waals surface area contributed by atoms with E-state index in [0.717, 1.165) is 4.57 Å². The SMILES string of the molecule is O=C(Cn1c(=O)n(-c2ccccc2)c(=O)c2oc3ccccc3c21)N1CCOCC1. The van der Waals surface area contributed by atoms with Crippen LogP contribution in [-0.2, 0) is 16.1 Å². The molecule has 0 N–H and O–H groups in total. The fraction of sp³-hybridized carbons (Fsp3) is 0.227. The molecule has 0 aliphatic carbocycles. The summed E-state index contributed by atoms with van der Waals surface area (Å²) in [6.45, 7) is 1.69. The van der Waals surface area contributed by atoms with Gasteiger partial charge in [-0.3, -0.25) is 14.2 Å². The van der Waals surface area contributed by atoms with Crippen LogP contribution in [0.5, 0.6) is 0 Å². The predicted octanol–water partition coefficient (Wildman–Crippen LogP) is 1.76. The number of furan rings is 1. The van der Waals surface area contributed by atoms with E-state index in [4.69, 9.17) is 9.15 Å². The Balaban J connectivity index is 1.77. The molecule has 30 heavy (non-hydrogen) atoms. The number of carbonyl (C=O) groups is 1. The first-order chi connectivity index (χ1) is 14.6. The fourth-order valence-electron chi connectivity index (χ4n) is 3.85. The summed E-state index contributed by atoms with van der Waals surface area (Å²) in [4.78, 5) is 41.3. The maximum absolute atomic E-state index is 13.5. The lowest BCUT2D eigenvalue weighted by Crippen LogP contribution is -2.45. The first-order valence-corrected chi connectivity index (χ1v) is 9.73. The molecule has 0 spiro atoms. The largest absolute Gasteiger partial charge is 0.449 e. The van der Waals surface area contributed by atoms with Gasteiger partial charge in [-0.2, -0.15) is 0 Å². The molecule has 1 aliphatic heterocycles. The summed E-state index contributed by atoms with van der Waals surface area (Å²) in [6, 6.07) is 15.7. The molecule has 4 aromatic rings. The van der Waals surface area contributed by atoms with Crippen molar-refractivity contribution < 1.29 is 13.9 Å². The molecule has 2 aromatic heterocycles. The first kappa shape index (κ1) is 18.4. The minimum Gasteiger partial charge on any atom is -0.449 e. The normalized spacial score (nSPS) is 14.5. The number of hydrogen-bond donors (Lipinski definition) is 0. The zero-order valence-corrected chi connectivity index (χ0v) is 16.1. The van der Waals surface area contributed by atoms with Crippen LogP contribution in [0.4, 0.5) is 0 Å². The van der Waals surface area contributed by atoms with Gasteiger partial charge in [0.15, 0.2) is 0 Å². The molecule has 152 valence electrons. The molecule has 5 rings (SSSR count). The highest BCUT2D eigenvalue weighted by molar-refractivity contribution is 6.02. The van der Waals surface area contributed by atoms with E-state index in [-0.39, 0.29) is 18.0 Å². The third-order valence-corrected chi connectivity index (χ3v) is 5.33. The lowest BCUT2D eigenvalue weighted by Gasteiger charge is -2.27. The summed E-state index contributed by atoms with van der Waals surface area (Å²) in [5.74, 6) is -0.203. The maximum atomic E-state index is 13.5. The molecule has 0 saturated carbocycles. The first-order valence-electron chi connectivity index (χ1n) is 9.73. The number of ether oxygens (including phenoxy) is 1. The van der Waals surface area contributed by atoms with E-state index in [1.807, 2.05) is 0 Å². The molecule has 0 unspecified atom stereocenters. The van der Waals surface area contributed by atoms with Gasteiger partial charge >= 0.3 is 11.2 Å². The van der Waals surface area contributed by atoms with Crippen molar-refractivity contribution in [2.24, 2.45) is 0 Å². The number of aromatic nitrogens is 2. The molecule has 2 aromatic carbocycles. The van der Waals surface area contributed by atoms with Gasteiger partial charge in [0.25, 0.3) is 0 Å². The number of fused-ring (bicyclic) bond motifs is 3. The maximum Gasteiger partial charge on any atom is 0.336 e. The van der Waals surface area contributed by atoms with Gasteiger partial charge in [0, 0.05) is 18.5 Å². The number of rotatable bonds is 3. The Bertz CT molecular complexity index is 1360. The Hall–Kier alpha value is -3.65. The van der Waals surface area contributed by atoms with Crippen LogP contribution >= 0.6 is 0 Å². The summed E-state index contributed by atoms with van der Waals surface area (Å²) in [5, 5.41) is 0.622. The smallest absolute Gasteiger partial charge is 0.336 e. The molecule has 0 bridgehead atoms. The molecular weight excluding hydrogens is 386 g/mol. The van der Waals surface area contributed by atoms with Crippen molar-refractivity contribution in [2.75, 3.05) is 26.3 Å². The van der Waals surface area contributed by atoms with Crippen molar-refractivity contribution in [1.29, 1.82) is 0 Å². The summed E-state index contributed by atoms with van der Waals surface area (Å²) < 4.78 is 13.5. The number of carbonyl (C=O) groups excluding carboxylic acids is 1. The van der Waals surface area contributed by atoms with Crippen LogP contribution in [0.25, 0.3) is 27.8 Å².